The fraction of sp³-hybridized carbons (Fsp3) is 0.333. The van der Waals surface area contributed by atoms with Crippen molar-refractivity contribution in [2.45, 2.75) is 44.8 Å². The highest BCUT2D eigenvalue weighted by Crippen LogP contribution is 2.26. The first-order chi connectivity index (χ1) is 14.7. The minimum atomic E-state index is -0.617. The maximum atomic E-state index is 6.39. The molecule has 0 aliphatic carbocycles. The van der Waals surface area contributed by atoms with Gasteiger partial charge in [-0.2, -0.15) is 0 Å². The molecule has 6 nitrogen and oxygen atoms in total. The molecule has 3 heterocycles. The zero-order chi connectivity index (χ0) is 20.9. The summed E-state index contributed by atoms with van der Waals surface area (Å²) in [7, 11) is 0. The lowest BCUT2D eigenvalue weighted by Gasteiger charge is -2.21. The molecule has 0 N–H and O–H groups in total. The van der Waals surface area contributed by atoms with E-state index in [0.717, 1.165) is 40.4 Å². The molecule has 0 radical (unpaired) electrons. The molecular weight excluding hydrogens is 376 g/mol. The van der Waals surface area contributed by atoms with Gasteiger partial charge in [0.2, 0.25) is 12.5 Å². The summed E-state index contributed by atoms with van der Waals surface area (Å²) < 4.78 is 11.9. The van der Waals surface area contributed by atoms with Gasteiger partial charge in [0, 0.05) is 19.2 Å². The maximum Gasteiger partial charge on any atom is 0.260 e. The number of nitrogens with zero attached hydrogens (tertiary/aromatic N) is 4. The minimum absolute atomic E-state index is 0.320. The number of hydrogen-bond acceptors (Lipinski definition) is 6. The van der Waals surface area contributed by atoms with Crippen LogP contribution in [0.3, 0.4) is 0 Å². The summed E-state index contributed by atoms with van der Waals surface area (Å²) in [6, 6.07) is 3.59. The van der Waals surface area contributed by atoms with E-state index < -0.39 is 12.1 Å². The largest absolute Gasteiger partial charge is 0.477 e. The van der Waals surface area contributed by atoms with Gasteiger partial charge < -0.3 is 9.15 Å². The van der Waals surface area contributed by atoms with Crippen molar-refractivity contribution in [3.8, 4) is 17.6 Å². The molecule has 0 saturated carbocycles. The monoisotopic (exact) mass is 400 g/mol. The molecule has 1 aromatic heterocycles. The molecule has 4 rings (SSSR count). The fourth-order valence-electron chi connectivity index (χ4n) is 3.48. The molecule has 0 amide bonds. The Morgan fingerprint density at radius 2 is 2.23 bits per heavy atom. The number of allylic oxidation sites excluding steroid dienone is 3. The van der Waals surface area contributed by atoms with Crippen molar-refractivity contribution in [3.05, 3.63) is 64.9 Å². The first kappa shape index (κ1) is 19.8. The van der Waals surface area contributed by atoms with E-state index in [9.17, 15) is 0 Å². The van der Waals surface area contributed by atoms with Gasteiger partial charge in [0.1, 0.15) is 5.75 Å². The van der Waals surface area contributed by atoms with Crippen LogP contribution in [0.1, 0.15) is 50.2 Å². The first-order valence-corrected chi connectivity index (χ1v) is 10.1. The highest BCUT2D eigenvalue weighted by atomic mass is 16.5. The van der Waals surface area contributed by atoms with Crippen LogP contribution in [0.15, 0.2) is 57.2 Å². The maximum absolute atomic E-state index is 6.39. The molecule has 0 spiro atoms. The van der Waals surface area contributed by atoms with Gasteiger partial charge in [0.25, 0.3) is 5.89 Å². The van der Waals surface area contributed by atoms with Crippen LogP contribution in [-0.2, 0) is 0 Å². The van der Waals surface area contributed by atoms with Crippen LogP contribution in [0.2, 0.25) is 0 Å². The van der Waals surface area contributed by atoms with Crippen LogP contribution in [0.25, 0.3) is 6.08 Å². The van der Waals surface area contributed by atoms with Gasteiger partial charge in [0.05, 0.1) is 5.36 Å². The average Bonchev–Trinajstić information content (AvgIpc) is 3.26. The molecule has 30 heavy (non-hydrogen) atoms. The van der Waals surface area contributed by atoms with Gasteiger partial charge >= 0.3 is 0 Å². The highest BCUT2D eigenvalue weighted by Gasteiger charge is 2.28. The van der Waals surface area contributed by atoms with E-state index in [1.165, 1.54) is 6.39 Å². The van der Waals surface area contributed by atoms with Crippen molar-refractivity contribution in [2.75, 3.05) is 6.54 Å². The van der Waals surface area contributed by atoms with E-state index >= 15 is 0 Å². The zero-order valence-electron chi connectivity index (χ0n) is 17.2. The summed E-state index contributed by atoms with van der Waals surface area (Å²) in [6.45, 7) is 8.94. The quantitative estimate of drug-likeness (QED) is 0.699. The SMILES string of the molecule is C=C/C1=C/C=N\C(C(Oc2cc(C(C)C)c3c(c2)=CCCN=3)c2nnco2)C#CC1. The van der Waals surface area contributed by atoms with Gasteiger partial charge in [-0.15, -0.1) is 10.2 Å². The molecular formula is C24H24N4O2. The van der Waals surface area contributed by atoms with Crippen molar-refractivity contribution in [2.24, 2.45) is 9.98 Å². The summed E-state index contributed by atoms with van der Waals surface area (Å²) in [5, 5.41) is 10.1. The first-order valence-electron chi connectivity index (χ1n) is 10.1. The van der Waals surface area contributed by atoms with E-state index in [1.54, 1.807) is 12.3 Å². The van der Waals surface area contributed by atoms with E-state index in [4.69, 9.17) is 14.1 Å². The molecule has 152 valence electrons. The van der Waals surface area contributed by atoms with Gasteiger partial charge in [-0.1, -0.05) is 44.4 Å². The molecule has 2 atom stereocenters. The number of aliphatic imine (C=N–C) groups is 1. The Morgan fingerprint density at radius 3 is 3.00 bits per heavy atom. The summed E-state index contributed by atoms with van der Waals surface area (Å²) >= 11 is 0. The van der Waals surface area contributed by atoms with Crippen molar-refractivity contribution in [1.82, 2.24) is 10.2 Å². The summed E-state index contributed by atoms with van der Waals surface area (Å²) in [4.78, 5) is 9.30. The van der Waals surface area contributed by atoms with Crippen LogP contribution in [0.4, 0.5) is 0 Å². The number of benzene rings is 1. The van der Waals surface area contributed by atoms with Crippen molar-refractivity contribution >= 4 is 12.3 Å². The number of aromatic nitrogens is 2. The van der Waals surface area contributed by atoms with Crippen LogP contribution in [0, 0.1) is 11.8 Å². The Hall–Kier alpha value is -3.46. The minimum Gasteiger partial charge on any atom is -0.477 e. The number of hydrogen-bond donors (Lipinski definition) is 0. The second-order valence-corrected chi connectivity index (χ2v) is 7.48. The van der Waals surface area contributed by atoms with Crippen molar-refractivity contribution < 1.29 is 9.15 Å². The predicted octanol–water partition coefficient (Wildman–Crippen LogP) is 3.08. The topological polar surface area (TPSA) is 72.9 Å². The third-order valence-electron chi connectivity index (χ3n) is 5.04. The molecule has 2 aliphatic rings. The summed E-state index contributed by atoms with van der Waals surface area (Å²) in [5.41, 5.74) is 2.18. The van der Waals surface area contributed by atoms with Gasteiger partial charge in [0.15, 0.2) is 6.04 Å². The number of fused-ring (bicyclic) bond motifs is 1. The third-order valence-corrected chi connectivity index (χ3v) is 5.04. The van der Waals surface area contributed by atoms with Crippen molar-refractivity contribution in [1.29, 1.82) is 0 Å². The summed E-state index contributed by atoms with van der Waals surface area (Å²) in [5.74, 6) is 7.71. The Kier molecular flexibility index (Phi) is 5.89. The van der Waals surface area contributed by atoms with Crippen LogP contribution >= 0.6 is 0 Å². The molecule has 0 bridgehead atoms. The second-order valence-electron chi connectivity index (χ2n) is 7.48. The Bertz CT molecular complexity index is 1160. The van der Waals surface area contributed by atoms with Gasteiger partial charge in [-0.05, 0) is 46.9 Å². The van der Waals surface area contributed by atoms with Gasteiger partial charge in [-0.25, -0.2) is 0 Å². The molecule has 2 unspecified atom stereocenters. The predicted molar refractivity (Wildman–Crippen MR) is 116 cm³/mol. The van der Waals surface area contributed by atoms with Crippen LogP contribution in [-0.4, -0.2) is 29.0 Å². The molecule has 0 saturated heterocycles. The van der Waals surface area contributed by atoms with E-state index in [2.05, 4.69) is 53.5 Å². The molecule has 6 heteroatoms. The molecule has 2 aliphatic heterocycles. The Morgan fingerprint density at radius 1 is 1.33 bits per heavy atom. The lowest BCUT2D eigenvalue weighted by atomic mass is 9.99. The van der Waals surface area contributed by atoms with Crippen LogP contribution < -0.4 is 15.3 Å². The van der Waals surface area contributed by atoms with Crippen molar-refractivity contribution in [3.63, 3.8) is 0 Å². The van der Waals surface area contributed by atoms with E-state index in [0.29, 0.717) is 18.2 Å². The summed E-state index contributed by atoms with van der Waals surface area (Å²) in [6.07, 6.45) is 9.85. The van der Waals surface area contributed by atoms with E-state index in [1.807, 2.05) is 18.2 Å². The van der Waals surface area contributed by atoms with E-state index in [-0.39, 0.29) is 0 Å². The molecule has 2 aromatic rings. The zero-order valence-corrected chi connectivity index (χ0v) is 17.2. The lowest BCUT2D eigenvalue weighted by molar-refractivity contribution is 0.159. The normalized spacial score (nSPS) is 21.3. The highest BCUT2D eigenvalue weighted by molar-refractivity contribution is 5.74. The standard InChI is InChI=1S/C24H24N4O2/c1-4-17-7-5-9-21(25-12-10-17)23(24-28-27-15-29-24)30-19-13-18-8-6-11-26-22(18)20(14-19)16(2)3/h4,8,10,12-16,21,23H,1,6-7,11H2,2-3H3/b17-10-,25-12-. The smallest absolute Gasteiger partial charge is 0.260 e. The Labute approximate surface area is 175 Å². The lowest BCUT2D eigenvalue weighted by Crippen LogP contribution is -2.33. The van der Waals surface area contributed by atoms with Crippen LogP contribution in [0.5, 0.6) is 5.75 Å². The molecule has 1 aromatic carbocycles. The number of rotatable bonds is 6. The second kappa shape index (κ2) is 8.91. The third kappa shape index (κ3) is 4.25. The number of ether oxygens (including phenoxy) is 1. The average molecular weight is 400 g/mol. The molecule has 0 fully saturated rings. The fourth-order valence-corrected chi connectivity index (χ4v) is 3.48. The van der Waals surface area contributed by atoms with Gasteiger partial charge in [-0.3, -0.25) is 9.98 Å². The Balaban J connectivity index is 1.73.